The Labute approximate surface area is 275 Å². The van der Waals surface area contributed by atoms with Crippen LogP contribution in [0.4, 0.5) is 0 Å². The Morgan fingerprint density at radius 2 is 1.18 bits per heavy atom. The molecule has 3 rings (SSSR count). The van der Waals surface area contributed by atoms with E-state index in [0.29, 0.717) is 11.3 Å². The van der Waals surface area contributed by atoms with E-state index in [-0.39, 0.29) is 5.78 Å². The highest BCUT2D eigenvalue weighted by atomic mass is 32.1. The van der Waals surface area contributed by atoms with Gasteiger partial charge in [-0.25, -0.2) is 4.79 Å². The van der Waals surface area contributed by atoms with E-state index in [4.69, 9.17) is 9.47 Å². The molecule has 4 nitrogen and oxygen atoms in total. The molecular formula is C40H52O4S. The lowest BCUT2D eigenvalue weighted by Gasteiger charge is -2.07. The molecule has 0 N–H and O–H groups in total. The first-order valence-corrected chi connectivity index (χ1v) is 18.0. The first-order chi connectivity index (χ1) is 22.1. The third-order valence-electron chi connectivity index (χ3n) is 7.86. The molecule has 5 heteroatoms. The van der Waals surface area contributed by atoms with Crippen LogP contribution in [0.25, 0.3) is 12.2 Å². The fraction of sp³-hybridized carbons (Fsp3) is 0.450. The highest BCUT2D eigenvalue weighted by Gasteiger charge is 2.05. The van der Waals surface area contributed by atoms with E-state index in [1.165, 1.54) is 102 Å². The summed E-state index contributed by atoms with van der Waals surface area (Å²) in [7, 11) is 0. The number of thiophene rings is 1. The number of allylic oxidation sites excluding steroid dienone is 1. The molecule has 45 heavy (non-hydrogen) atoms. The second kappa shape index (κ2) is 23.0. The van der Waals surface area contributed by atoms with Gasteiger partial charge in [0.15, 0.2) is 5.78 Å². The smallest absolute Gasteiger partial charge is 0.336 e. The summed E-state index contributed by atoms with van der Waals surface area (Å²) in [6.07, 6.45) is 28.3. The average Bonchev–Trinajstić information content (AvgIpc) is 3.59. The maximum absolute atomic E-state index is 12.3. The van der Waals surface area contributed by atoms with Crippen LogP contribution < -0.4 is 9.47 Å². The van der Waals surface area contributed by atoms with Crippen molar-refractivity contribution in [2.24, 2.45) is 0 Å². The maximum atomic E-state index is 12.3. The molecule has 0 saturated carbocycles. The lowest BCUT2D eigenvalue weighted by atomic mass is 10.0. The van der Waals surface area contributed by atoms with Gasteiger partial charge in [0.1, 0.15) is 11.5 Å². The minimum atomic E-state index is -0.476. The van der Waals surface area contributed by atoms with Gasteiger partial charge in [-0.1, -0.05) is 121 Å². The van der Waals surface area contributed by atoms with Crippen molar-refractivity contribution in [3.8, 4) is 11.5 Å². The molecule has 242 valence electrons. The highest BCUT2D eigenvalue weighted by Crippen LogP contribution is 2.18. The lowest BCUT2D eigenvalue weighted by Crippen LogP contribution is -2.04. The third-order valence-corrected chi connectivity index (χ3v) is 8.70. The predicted octanol–water partition coefficient (Wildman–Crippen LogP) is 11.9. The largest absolute Gasteiger partial charge is 0.494 e. The Kier molecular flexibility index (Phi) is 18.4. The van der Waals surface area contributed by atoms with Crippen LogP contribution in [0.1, 0.15) is 130 Å². The Balaban J connectivity index is 1.19. The van der Waals surface area contributed by atoms with Crippen LogP contribution in [-0.2, 0) is 4.79 Å². The molecule has 1 heterocycles. The second-order valence-electron chi connectivity index (χ2n) is 11.7. The number of hydrogen-bond acceptors (Lipinski definition) is 5. The SMILES string of the molecule is CCCCCCCCCCCCCCCCCCOc1ccc(/C=C/C(=O)Oc2ccc(C(=O)/C=C/c3cccs3)cc2)cc1. The van der Waals surface area contributed by atoms with Crippen molar-refractivity contribution in [2.45, 2.75) is 110 Å². The molecule has 2 aromatic carbocycles. The summed E-state index contributed by atoms with van der Waals surface area (Å²) in [6.45, 7) is 3.01. The maximum Gasteiger partial charge on any atom is 0.336 e. The standard InChI is InChI=1S/C40H52O4S/c1-2-3-4-5-6-7-8-9-10-11-12-13-14-15-16-17-32-43-36-25-20-34(21-26-36)22-31-40(42)44-37-27-23-35(24-28-37)39(41)30-29-38-19-18-33-45-38/h18-31,33H,2-17,32H2,1H3/b30-29+,31-22+. The van der Waals surface area contributed by atoms with Crippen LogP contribution >= 0.6 is 11.3 Å². The summed E-state index contributed by atoms with van der Waals surface area (Å²) in [5.41, 5.74) is 1.43. The van der Waals surface area contributed by atoms with Crippen molar-refractivity contribution in [3.05, 3.63) is 94.2 Å². The first kappa shape index (κ1) is 36.0. The molecule has 1 aromatic heterocycles. The van der Waals surface area contributed by atoms with E-state index in [1.54, 1.807) is 53.8 Å². The average molecular weight is 629 g/mol. The zero-order valence-electron chi connectivity index (χ0n) is 27.2. The number of benzene rings is 2. The van der Waals surface area contributed by atoms with E-state index < -0.39 is 5.97 Å². The Hall–Kier alpha value is -3.44. The molecule has 0 spiro atoms. The zero-order valence-corrected chi connectivity index (χ0v) is 28.0. The van der Waals surface area contributed by atoms with Crippen LogP contribution in [0, 0.1) is 0 Å². The van der Waals surface area contributed by atoms with Gasteiger partial charge in [0.2, 0.25) is 0 Å². The third kappa shape index (κ3) is 16.4. The Morgan fingerprint density at radius 3 is 1.73 bits per heavy atom. The van der Waals surface area contributed by atoms with E-state index in [2.05, 4.69) is 6.92 Å². The minimum Gasteiger partial charge on any atom is -0.494 e. The van der Waals surface area contributed by atoms with Crippen molar-refractivity contribution in [1.82, 2.24) is 0 Å². The summed E-state index contributed by atoms with van der Waals surface area (Å²) in [6, 6.07) is 18.2. The summed E-state index contributed by atoms with van der Waals surface area (Å²) in [5, 5.41) is 1.97. The van der Waals surface area contributed by atoms with E-state index >= 15 is 0 Å². The van der Waals surface area contributed by atoms with Gasteiger partial charge in [-0.15, -0.1) is 11.3 Å². The number of carbonyl (C=O) groups is 2. The number of ether oxygens (including phenoxy) is 2. The van der Waals surface area contributed by atoms with Gasteiger partial charge in [-0.3, -0.25) is 4.79 Å². The summed E-state index contributed by atoms with van der Waals surface area (Å²) in [4.78, 5) is 25.6. The van der Waals surface area contributed by atoms with E-state index in [9.17, 15) is 9.59 Å². The van der Waals surface area contributed by atoms with Crippen LogP contribution in [0.2, 0.25) is 0 Å². The van der Waals surface area contributed by atoms with Gasteiger partial charge >= 0.3 is 5.97 Å². The van der Waals surface area contributed by atoms with Gasteiger partial charge in [0, 0.05) is 16.5 Å². The van der Waals surface area contributed by atoms with E-state index in [0.717, 1.165) is 29.2 Å². The molecule has 0 bridgehead atoms. The summed E-state index contributed by atoms with van der Waals surface area (Å²) < 4.78 is 11.3. The second-order valence-corrected chi connectivity index (χ2v) is 12.7. The minimum absolute atomic E-state index is 0.0985. The Bertz CT molecular complexity index is 1260. The fourth-order valence-electron chi connectivity index (χ4n) is 5.16. The molecule has 0 fully saturated rings. The van der Waals surface area contributed by atoms with Crippen molar-refractivity contribution >= 4 is 35.2 Å². The summed E-state index contributed by atoms with van der Waals surface area (Å²) >= 11 is 1.57. The monoisotopic (exact) mass is 628 g/mol. The van der Waals surface area contributed by atoms with Crippen LogP contribution in [0.3, 0.4) is 0 Å². The highest BCUT2D eigenvalue weighted by molar-refractivity contribution is 7.10. The number of carbonyl (C=O) groups excluding carboxylic acids is 2. The molecule has 0 unspecified atom stereocenters. The Morgan fingerprint density at radius 1 is 0.622 bits per heavy atom. The van der Waals surface area contributed by atoms with Crippen LogP contribution in [-0.4, -0.2) is 18.4 Å². The van der Waals surface area contributed by atoms with Crippen molar-refractivity contribution in [3.63, 3.8) is 0 Å². The quantitative estimate of drug-likeness (QED) is 0.0326. The predicted molar refractivity (Wildman–Crippen MR) is 190 cm³/mol. The van der Waals surface area contributed by atoms with Crippen LogP contribution in [0.5, 0.6) is 11.5 Å². The molecule has 0 aliphatic rings. The molecule has 0 radical (unpaired) electrons. The zero-order chi connectivity index (χ0) is 31.8. The van der Waals surface area contributed by atoms with Gasteiger partial charge in [-0.05, 0) is 78.1 Å². The molecule has 0 saturated heterocycles. The van der Waals surface area contributed by atoms with Crippen molar-refractivity contribution in [1.29, 1.82) is 0 Å². The first-order valence-electron chi connectivity index (χ1n) is 17.1. The normalized spacial score (nSPS) is 11.4. The number of ketones is 1. The fourth-order valence-corrected chi connectivity index (χ4v) is 5.78. The van der Waals surface area contributed by atoms with E-state index in [1.807, 2.05) is 41.8 Å². The van der Waals surface area contributed by atoms with Crippen LogP contribution in [0.15, 0.2) is 78.2 Å². The number of rotatable bonds is 24. The number of esters is 1. The molecule has 0 amide bonds. The number of hydrogen-bond donors (Lipinski definition) is 0. The van der Waals surface area contributed by atoms with Crippen molar-refractivity contribution < 1.29 is 19.1 Å². The van der Waals surface area contributed by atoms with Crippen molar-refractivity contribution in [2.75, 3.05) is 6.61 Å². The molecule has 0 aliphatic heterocycles. The number of unbranched alkanes of at least 4 members (excludes halogenated alkanes) is 15. The van der Waals surface area contributed by atoms with Gasteiger partial charge in [0.05, 0.1) is 6.61 Å². The summed E-state index contributed by atoms with van der Waals surface area (Å²) in [5.74, 6) is 0.658. The van der Waals surface area contributed by atoms with Gasteiger partial charge in [-0.2, -0.15) is 0 Å². The molecule has 0 atom stereocenters. The molecule has 3 aromatic rings. The van der Waals surface area contributed by atoms with Gasteiger partial charge in [0.25, 0.3) is 0 Å². The lowest BCUT2D eigenvalue weighted by molar-refractivity contribution is -0.128. The topological polar surface area (TPSA) is 52.6 Å². The molecule has 0 aliphatic carbocycles. The molecular weight excluding hydrogens is 577 g/mol. The van der Waals surface area contributed by atoms with Gasteiger partial charge < -0.3 is 9.47 Å².